The Hall–Kier alpha value is -2.82. The van der Waals surface area contributed by atoms with Crippen LogP contribution in [0.5, 0.6) is 5.75 Å². The van der Waals surface area contributed by atoms with Gasteiger partial charge in [-0.25, -0.2) is 0 Å². The summed E-state index contributed by atoms with van der Waals surface area (Å²) in [6, 6.07) is 11.5. The van der Waals surface area contributed by atoms with Crippen molar-refractivity contribution in [3.63, 3.8) is 0 Å². The van der Waals surface area contributed by atoms with Crippen molar-refractivity contribution in [2.45, 2.75) is 50.3 Å². The van der Waals surface area contributed by atoms with Crippen LogP contribution in [0.25, 0.3) is 0 Å². The lowest BCUT2D eigenvalue weighted by molar-refractivity contribution is -0.130. The highest BCUT2D eigenvalue weighted by atomic mass is 35.5. The molecular formula is C25H29ClN4O3. The van der Waals surface area contributed by atoms with Gasteiger partial charge in [-0.2, -0.15) is 5.26 Å². The molecule has 1 aromatic carbocycles. The second-order valence-corrected chi connectivity index (χ2v) is 9.42. The van der Waals surface area contributed by atoms with Crippen molar-refractivity contribution in [3.8, 4) is 11.8 Å². The van der Waals surface area contributed by atoms with Crippen LogP contribution in [0, 0.1) is 30.1 Å². The van der Waals surface area contributed by atoms with Gasteiger partial charge in [0.1, 0.15) is 11.8 Å². The zero-order valence-electron chi connectivity index (χ0n) is 18.9. The first-order valence-corrected chi connectivity index (χ1v) is 11.7. The van der Waals surface area contributed by atoms with Gasteiger partial charge in [0.25, 0.3) is 0 Å². The molecule has 33 heavy (non-hydrogen) atoms. The lowest BCUT2D eigenvalue weighted by Gasteiger charge is -2.44. The molecule has 2 aliphatic rings. The minimum Gasteiger partial charge on any atom is -0.495 e. The molecule has 2 heterocycles. The van der Waals surface area contributed by atoms with Gasteiger partial charge in [0.15, 0.2) is 0 Å². The third-order valence-electron chi connectivity index (χ3n) is 6.57. The van der Waals surface area contributed by atoms with Crippen molar-refractivity contribution in [1.82, 2.24) is 10.3 Å². The van der Waals surface area contributed by atoms with Crippen LogP contribution in [0.3, 0.4) is 0 Å². The first-order valence-electron chi connectivity index (χ1n) is 11.3. The Kier molecular flexibility index (Phi) is 7.36. The lowest BCUT2D eigenvalue weighted by Crippen LogP contribution is -2.56. The SMILES string of the molecule is COc1cc(NCC2CC3CC(Cl)C(OCc4ccnc(C)c4)CC3NC2=O)ccc1C#N. The van der Waals surface area contributed by atoms with Crippen LogP contribution in [0.4, 0.5) is 5.69 Å². The molecule has 1 saturated carbocycles. The van der Waals surface area contributed by atoms with Crippen LogP contribution in [0.1, 0.15) is 36.1 Å². The Morgan fingerprint density at radius 3 is 2.88 bits per heavy atom. The lowest BCUT2D eigenvalue weighted by atomic mass is 9.74. The normalized spacial score (nSPS) is 26.6. The predicted molar refractivity (Wildman–Crippen MR) is 126 cm³/mol. The van der Waals surface area contributed by atoms with Crippen molar-refractivity contribution in [2.24, 2.45) is 11.8 Å². The Bertz CT molecular complexity index is 1040. The number of aromatic nitrogens is 1. The van der Waals surface area contributed by atoms with Gasteiger partial charge >= 0.3 is 0 Å². The summed E-state index contributed by atoms with van der Waals surface area (Å²) in [4.78, 5) is 17.0. The highest BCUT2D eigenvalue weighted by Crippen LogP contribution is 2.37. The standard InChI is InChI=1S/C25H29ClN4O3/c1-15-7-16(5-6-28-15)14-33-24-11-22-18(9-21(24)26)8-19(25(31)30-22)13-29-20-4-3-17(12-27)23(10-20)32-2/h3-7,10,18-19,21-22,24,29H,8-9,11,13-14H2,1-2H3,(H,30,31). The number of hydrogen-bond donors (Lipinski definition) is 2. The first kappa shape index (κ1) is 23.3. The van der Waals surface area contributed by atoms with Crippen molar-refractivity contribution in [2.75, 3.05) is 19.0 Å². The zero-order valence-corrected chi connectivity index (χ0v) is 19.6. The van der Waals surface area contributed by atoms with Crippen molar-refractivity contribution in [3.05, 3.63) is 53.3 Å². The second-order valence-electron chi connectivity index (χ2n) is 8.86. The highest BCUT2D eigenvalue weighted by Gasteiger charge is 2.43. The summed E-state index contributed by atoms with van der Waals surface area (Å²) in [5.41, 5.74) is 3.33. The van der Waals surface area contributed by atoms with Gasteiger partial charge in [0, 0.05) is 36.2 Å². The number of hydrogen-bond acceptors (Lipinski definition) is 6. The fourth-order valence-corrected chi connectivity index (χ4v) is 5.19. The van der Waals surface area contributed by atoms with E-state index in [2.05, 4.69) is 21.7 Å². The third-order valence-corrected chi connectivity index (χ3v) is 7.03. The summed E-state index contributed by atoms with van der Waals surface area (Å²) in [6.07, 6.45) is 4.01. The monoisotopic (exact) mass is 468 g/mol. The molecule has 0 radical (unpaired) electrons. The van der Waals surface area contributed by atoms with Gasteiger partial charge in [0.05, 0.1) is 36.7 Å². The average Bonchev–Trinajstić information content (AvgIpc) is 2.81. The summed E-state index contributed by atoms with van der Waals surface area (Å²) in [5, 5.41) is 15.6. The fraction of sp³-hybridized carbons (Fsp3) is 0.480. The molecule has 1 aliphatic heterocycles. The largest absolute Gasteiger partial charge is 0.495 e. The fourth-order valence-electron chi connectivity index (χ4n) is 4.79. The quantitative estimate of drug-likeness (QED) is 0.600. The highest BCUT2D eigenvalue weighted by molar-refractivity contribution is 6.21. The Balaban J connectivity index is 1.31. The number of amides is 1. The first-order chi connectivity index (χ1) is 16.0. The second kappa shape index (κ2) is 10.4. The van der Waals surface area contributed by atoms with Crippen LogP contribution in [-0.4, -0.2) is 42.1 Å². The third kappa shape index (κ3) is 5.58. The maximum Gasteiger partial charge on any atom is 0.225 e. The zero-order chi connectivity index (χ0) is 23.4. The molecule has 2 N–H and O–H groups in total. The van der Waals surface area contributed by atoms with Crippen LogP contribution >= 0.6 is 11.6 Å². The summed E-state index contributed by atoms with van der Waals surface area (Å²) >= 11 is 6.71. The summed E-state index contributed by atoms with van der Waals surface area (Å²) in [5.74, 6) is 0.756. The smallest absolute Gasteiger partial charge is 0.225 e. The molecule has 1 aliphatic carbocycles. The molecule has 7 nitrogen and oxygen atoms in total. The minimum absolute atomic E-state index is 0.0564. The molecule has 1 aromatic heterocycles. The molecule has 1 saturated heterocycles. The van der Waals surface area contributed by atoms with E-state index < -0.39 is 0 Å². The van der Waals surface area contributed by atoms with Gasteiger partial charge in [-0.1, -0.05) is 0 Å². The number of fused-ring (bicyclic) bond motifs is 1. The average molecular weight is 469 g/mol. The molecule has 1 amide bonds. The molecule has 0 spiro atoms. The molecular weight excluding hydrogens is 440 g/mol. The predicted octanol–water partition coefficient (Wildman–Crippen LogP) is 3.79. The number of anilines is 1. The number of carbonyl (C=O) groups excluding carboxylic acids is 1. The number of benzene rings is 1. The van der Waals surface area contributed by atoms with E-state index in [0.29, 0.717) is 30.4 Å². The van der Waals surface area contributed by atoms with E-state index in [1.54, 1.807) is 18.3 Å². The number of methoxy groups -OCH3 is 1. The van der Waals surface area contributed by atoms with Gasteiger partial charge in [0.2, 0.25) is 5.91 Å². The maximum absolute atomic E-state index is 12.8. The number of piperidine rings is 1. The molecule has 5 unspecified atom stereocenters. The Labute approximate surface area is 199 Å². The Morgan fingerprint density at radius 1 is 1.27 bits per heavy atom. The number of carbonyl (C=O) groups is 1. The van der Waals surface area contributed by atoms with E-state index in [1.165, 1.54) is 7.11 Å². The number of aryl methyl sites for hydroxylation is 1. The molecule has 5 atom stereocenters. The van der Waals surface area contributed by atoms with Crippen LogP contribution in [-0.2, 0) is 16.1 Å². The van der Waals surface area contributed by atoms with Gasteiger partial charge in [-0.3, -0.25) is 9.78 Å². The summed E-state index contributed by atoms with van der Waals surface area (Å²) < 4.78 is 11.4. The van der Waals surface area contributed by atoms with Crippen molar-refractivity contribution in [1.29, 1.82) is 5.26 Å². The minimum atomic E-state index is -0.144. The van der Waals surface area contributed by atoms with Crippen LogP contribution < -0.4 is 15.4 Å². The van der Waals surface area contributed by atoms with E-state index in [4.69, 9.17) is 26.3 Å². The van der Waals surface area contributed by atoms with E-state index >= 15 is 0 Å². The molecule has 2 fully saturated rings. The van der Waals surface area contributed by atoms with Gasteiger partial charge < -0.3 is 20.1 Å². The molecule has 8 heteroatoms. The molecule has 174 valence electrons. The van der Waals surface area contributed by atoms with Gasteiger partial charge in [-0.15, -0.1) is 11.6 Å². The van der Waals surface area contributed by atoms with E-state index in [9.17, 15) is 4.79 Å². The number of ether oxygens (including phenoxy) is 2. The number of pyridine rings is 1. The summed E-state index contributed by atoms with van der Waals surface area (Å²) in [6.45, 7) is 2.96. The maximum atomic E-state index is 12.8. The van der Waals surface area contributed by atoms with Gasteiger partial charge in [-0.05, 0) is 61.9 Å². The van der Waals surface area contributed by atoms with Crippen molar-refractivity contribution < 1.29 is 14.3 Å². The molecule has 4 rings (SSSR count). The van der Waals surface area contributed by atoms with Crippen LogP contribution in [0.15, 0.2) is 36.5 Å². The topological polar surface area (TPSA) is 96.3 Å². The molecule has 0 bridgehead atoms. The number of rotatable bonds is 7. The number of nitrogens with one attached hydrogen (secondary N) is 2. The number of alkyl halides is 1. The van der Waals surface area contributed by atoms with E-state index in [0.717, 1.165) is 36.2 Å². The Morgan fingerprint density at radius 2 is 2.12 bits per heavy atom. The van der Waals surface area contributed by atoms with Crippen LogP contribution in [0.2, 0.25) is 0 Å². The van der Waals surface area contributed by atoms with E-state index in [-0.39, 0.29) is 29.3 Å². The van der Waals surface area contributed by atoms with E-state index in [1.807, 2.05) is 25.1 Å². The number of halogens is 1. The molecule has 2 aromatic rings. The summed E-state index contributed by atoms with van der Waals surface area (Å²) in [7, 11) is 1.54. The number of nitriles is 1. The number of nitrogens with zero attached hydrogens (tertiary/aromatic N) is 2. The van der Waals surface area contributed by atoms with Crippen molar-refractivity contribution >= 4 is 23.2 Å².